The molecule has 0 unspecified atom stereocenters. The van der Waals surface area contributed by atoms with Gasteiger partial charge in [-0.2, -0.15) is 0 Å². The summed E-state index contributed by atoms with van der Waals surface area (Å²) in [6.45, 7) is 0. The molecule has 0 aromatic heterocycles. The summed E-state index contributed by atoms with van der Waals surface area (Å²) in [6, 6.07) is 4.40. The number of halogens is 2. The third-order valence-corrected chi connectivity index (χ3v) is 2.58. The van der Waals surface area contributed by atoms with E-state index in [0.29, 0.717) is 10.6 Å². The lowest BCUT2D eigenvalue weighted by Crippen LogP contribution is -2.02. The minimum Gasteiger partial charge on any atom is -0.388 e. The standard InChI is InChI=1S/C10H10ClFO/c11-7-3-4-8(9(12)5-7)10(13)6-1-2-6/h3-6,10,13H,1-2H2/t10-/m0/s1. The topological polar surface area (TPSA) is 20.2 Å². The van der Waals surface area contributed by atoms with E-state index in [9.17, 15) is 9.50 Å². The molecule has 0 saturated heterocycles. The van der Waals surface area contributed by atoms with Crippen molar-refractivity contribution in [2.45, 2.75) is 18.9 Å². The third kappa shape index (κ3) is 1.84. The maximum atomic E-state index is 13.2. The summed E-state index contributed by atoms with van der Waals surface area (Å²) >= 11 is 5.60. The van der Waals surface area contributed by atoms with Crippen molar-refractivity contribution in [1.82, 2.24) is 0 Å². The Morgan fingerprint density at radius 1 is 1.46 bits per heavy atom. The summed E-state index contributed by atoms with van der Waals surface area (Å²) in [7, 11) is 0. The quantitative estimate of drug-likeness (QED) is 0.779. The molecule has 0 amide bonds. The van der Waals surface area contributed by atoms with Crippen LogP contribution < -0.4 is 0 Å². The van der Waals surface area contributed by atoms with Gasteiger partial charge in [0.1, 0.15) is 5.82 Å². The summed E-state index contributed by atoms with van der Waals surface area (Å²) < 4.78 is 13.2. The second kappa shape index (κ2) is 3.28. The van der Waals surface area contributed by atoms with Crippen LogP contribution in [0.3, 0.4) is 0 Å². The molecule has 0 aliphatic heterocycles. The van der Waals surface area contributed by atoms with Crippen LogP contribution in [0.1, 0.15) is 24.5 Å². The molecule has 0 radical (unpaired) electrons. The van der Waals surface area contributed by atoms with Crippen LogP contribution in [0.5, 0.6) is 0 Å². The maximum Gasteiger partial charge on any atom is 0.130 e. The van der Waals surface area contributed by atoms with Crippen molar-refractivity contribution in [3.05, 3.63) is 34.6 Å². The average molecular weight is 201 g/mol. The molecule has 1 atom stereocenters. The smallest absolute Gasteiger partial charge is 0.130 e. The van der Waals surface area contributed by atoms with Crippen molar-refractivity contribution >= 4 is 11.6 Å². The van der Waals surface area contributed by atoms with Crippen molar-refractivity contribution < 1.29 is 9.50 Å². The summed E-state index contributed by atoms with van der Waals surface area (Å²) in [5.41, 5.74) is 0.368. The lowest BCUT2D eigenvalue weighted by atomic mass is 10.1. The van der Waals surface area contributed by atoms with Gasteiger partial charge in [-0.25, -0.2) is 4.39 Å². The number of rotatable bonds is 2. The molecule has 1 fully saturated rings. The Balaban J connectivity index is 2.28. The van der Waals surface area contributed by atoms with Crippen LogP contribution in [0.25, 0.3) is 0 Å². The van der Waals surface area contributed by atoms with E-state index in [4.69, 9.17) is 11.6 Å². The SMILES string of the molecule is O[C@H](c1ccc(Cl)cc1F)C1CC1. The van der Waals surface area contributed by atoms with Gasteiger partial charge in [0.25, 0.3) is 0 Å². The van der Waals surface area contributed by atoms with E-state index in [-0.39, 0.29) is 5.92 Å². The highest BCUT2D eigenvalue weighted by atomic mass is 35.5. The summed E-state index contributed by atoms with van der Waals surface area (Å²) in [5.74, 6) is -0.164. The largest absolute Gasteiger partial charge is 0.388 e. The summed E-state index contributed by atoms with van der Waals surface area (Å²) in [4.78, 5) is 0. The van der Waals surface area contributed by atoms with Crippen molar-refractivity contribution in [3.63, 3.8) is 0 Å². The lowest BCUT2D eigenvalue weighted by Gasteiger charge is -2.10. The van der Waals surface area contributed by atoms with Crippen LogP contribution in [0, 0.1) is 11.7 Å². The molecule has 1 saturated carbocycles. The molecule has 1 nitrogen and oxygen atoms in total. The predicted molar refractivity (Wildman–Crippen MR) is 49.1 cm³/mol. The number of aliphatic hydroxyl groups excluding tert-OH is 1. The first kappa shape index (κ1) is 8.97. The van der Waals surface area contributed by atoms with Crippen LogP contribution in [0.4, 0.5) is 4.39 Å². The predicted octanol–water partition coefficient (Wildman–Crippen LogP) is 2.92. The van der Waals surface area contributed by atoms with Gasteiger partial charge >= 0.3 is 0 Å². The molecule has 0 spiro atoms. The second-order valence-electron chi connectivity index (χ2n) is 3.45. The fourth-order valence-corrected chi connectivity index (χ4v) is 1.57. The highest BCUT2D eigenvalue weighted by Crippen LogP contribution is 2.41. The van der Waals surface area contributed by atoms with Gasteiger partial charge in [0.15, 0.2) is 0 Å². The van der Waals surface area contributed by atoms with Gasteiger partial charge in [0.2, 0.25) is 0 Å². The number of hydrogen-bond acceptors (Lipinski definition) is 1. The molecule has 1 aliphatic rings. The van der Waals surface area contributed by atoms with Gasteiger partial charge in [0, 0.05) is 10.6 Å². The highest BCUT2D eigenvalue weighted by Gasteiger charge is 2.32. The zero-order valence-corrected chi connectivity index (χ0v) is 7.76. The summed E-state index contributed by atoms with van der Waals surface area (Å²) in [5, 5.41) is 10.0. The van der Waals surface area contributed by atoms with E-state index in [2.05, 4.69) is 0 Å². The normalized spacial score (nSPS) is 18.7. The fourth-order valence-electron chi connectivity index (χ4n) is 1.41. The zero-order valence-electron chi connectivity index (χ0n) is 7.00. The van der Waals surface area contributed by atoms with Gasteiger partial charge in [0.05, 0.1) is 6.10 Å². The van der Waals surface area contributed by atoms with Crippen LogP contribution in [-0.4, -0.2) is 5.11 Å². The first-order chi connectivity index (χ1) is 6.18. The first-order valence-electron chi connectivity index (χ1n) is 4.31. The molecule has 70 valence electrons. The molecular formula is C10H10ClFO. The van der Waals surface area contributed by atoms with Crippen LogP contribution in [-0.2, 0) is 0 Å². The summed E-state index contributed by atoms with van der Waals surface area (Å²) in [6.07, 6.45) is 1.32. The van der Waals surface area contributed by atoms with E-state index in [1.165, 1.54) is 6.07 Å². The van der Waals surface area contributed by atoms with Crippen LogP contribution in [0.2, 0.25) is 5.02 Å². The van der Waals surface area contributed by atoms with Crippen LogP contribution >= 0.6 is 11.6 Å². The number of aliphatic hydroxyl groups is 1. The average Bonchev–Trinajstić information content (AvgIpc) is 2.85. The molecular weight excluding hydrogens is 191 g/mol. The Bertz CT molecular complexity index is 323. The number of hydrogen-bond donors (Lipinski definition) is 1. The number of benzene rings is 1. The monoisotopic (exact) mass is 200 g/mol. The molecule has 1 N–H and O–H groups in total. The molecule has 13 heavy (non-hydrogen) atoms. The van der Waals surface area contributed by atoms with E-state index < -0.39 is 11.9 Å². The van der Waals surface area contributed by atoms with E-state index in [0.717, 1.165) is 12.8 Å². The van der Waals surface area contributed by atoms with E-state index in [1.807, 2.05) is 0 Å². The molecule has 0 bridgehead atoms. The molecule has 0 heterocycles. The van der Waals surface area contributed by atoms with Gasteiger partial charge in [-0.3, -0.25) is 0 Å². The lowest BCUT2D eigenvalue weighted by molar-refractivity contribution is 0.149. The minimum absolute atomic E-state index is 0.246. The van der Waals surface area contributed by atoms with Gasteiger partial charge < -0.3 is 5.11 Å². The van der Waals surface area contributed by atoms with Crippen molar-refractivity contribution in [2.75, 3.05) is 0 Å². The Labute approximate surface area is 81.1 Å². The van der Waals surface area contributed by atoms with Gasteiger partial charge in [-0.05, 0) is 30.9 Å². The Hall–Kier alpha value is -0.600. The minimum atomic E-state index is -0.655. The third-order valence-electron chi connectivity index (χ3n) is 2.35. The molecule has 1 aromatic carbocycles. The zero-order chi connectivity index (χ0) is 9.42. The Morgan fingerprint density at radius 2 is 2.15 bits per heavy atom. The highest BCUT2D eigenvalue weighted by molar-refractivity contribution is 6.30. The van der Waals surface area contributed by atoms with Gasteiger partial charge in [-0.15, -0.1) is 0 Å². The van der Waals surface area contributed by atoms with Gasteiger partial charge in [-0.1, -0.05) is 17.7 Å². The maximum absolute atomic E-state index is 13.2. The Morgan fingerprint density at radius 3 is 2.69 bits per heavy atom. The second-order valence-corrected chi connectivity index (χ2v) is 3.88. The molecule has 1 aromatic rings. The van der Waals surface area contributed by atoms with Crippen molar-refractivity contribution in [2.24, 2.45) is 5.92 Å². The molecule has 2 rings (SSSR count). The van der Waals surface area contributed by atoms with Crippen LogP contribution in [0.15, 0.2) is 18.2 Å². The van der Waals surface area contributed by atoms with Crippen molar-refractivity contribution in [1.29, 1.82) is 0 Å². The fraction of sp³-hybridized carbons (Fsp3) is 0.400. The molecule has 1 aliphatic carbocycles. The van der Waals surface area contributed by atoms with Crippen molar-refractivity contribution in [3.8, 4) is 0 Å². The Kier molecular flexibility index (Phi) is 2.26. The molecule has 3 heteroatoms. The van der Waals surface area contributed by atoms with E-state index in [1.54, 1.807) is 12.1 Å². The first-order valence-corrected chi connectivity index (χ1v) is 4.69. The van der Waals surface area contributed by atoms with E-state index >= 15 is 0 Å².